The summed E-state index contributed by atoms with van der Waals surface area (Å²) in [5.74, 6) is 0. The number of benzene rings is 2. The van der Waals surface area contributed by atoms with Crippen molar-refractivity contribution in [3.05, 3.63) is 70.8 Å². The van der Waals surface area contributed by atoms with Crippen molar-refractivity contribution in [3.63, 3.8) is 0 Å². The molecule has 1 heterocycles. The molecule has 0 aliphatic carbocycles. The molecule has 0 saturated heterocycles. The lowest BCUT2D eigenvalue weighted by molar-refractivity contribution is 0.112. The summed E-state index contributed by atoms with van der Waals surface area (Å²) in [4.78, 5) is 10.6. The van der Waals surface area contributed by atoms with Crippen LogP contribution in [-0.2, 0) is 6.54 Å². The lowest BCUT2D eigenvalue weighted by Crippen LogP contribution is -2.13. The Morgan fingerprint density at radius 2 is 1.82 bits per heavy atom. The third-order valence-electron chi connectivity index (χ3n) is 3.27. The fourth-order valence-electron chi connectivity index (χ4n) is 2.36. The minimum absolute atomic E-state index is 0.256. The average molecular weight is 223 g/mol. The van der Waals surface area contributed by atoms with Gasteiger partial charge in [0.05, 0.1) is 6.04 Å². The van der Waals surface area contributed by atoms with Gasteiger partial charge in [-0.3, -0.25) is 4.79 Å². The Bertz CT molecular complexity index is 545. The molecule has 0 spiro atoms. The van der Waals surface area contributed by atoms with Crippen LogP contribution in [-0.4, -0.2) is 6.29 Å². The number of nitrogens with one attached hydrogen (secondary N) is 1. The second-order valence-corrected chi connectivity index (χ2v) is 4.30. The highest BCUT2D eigenvalue weighted by molar-refractivity contribution is 5.74. The molecule has 2 nitrogen and oxygen atoms in total. The van der Waals surface area contributed by atoms with E-state index in [1.807, 2.05) is 24.3 Å². The quantitative estimate of drug-likeness (QED) is 0.793. The van der Waals surface area contributed by atoms with Crippen LogP contribution in [0.1, 0.15) is 33.1 Å². The predicted molar refractivity (Wildman–Crippen MR) is 67.0 cm³/mol. The molecule has 0 radical (unpaired) electrons. The Hall–Kier alpha value is -1.93. The first kappa shape index (κ1) is 10.2. The summed E-state index contributed by atoms with van der Waals surface area (Å²) >= 11 is 0. The van der Waals surface area contributed by atoms with Gasteiger partial charge < -0.3 is 5.32 Å². The third-order valence-corrected chi connectivity index (χ3v) is 3.27. The maximum Gasteiger partial charge on any atom is 0.150 e. The molecule has 1 atom stereocenters. The number of aldehydes is 1. The topological polar surface area (TPSA) is 29.1 Å². The van der Waals surface area contributed by atoms with Crippen LogP contribution in [0.4, 0.5) is 0 Å². The van der Waals surface area contributed by atoms with E-state index in [0.717, 1.165) is 18.4 Å². The van der Waals surface area contributed by atoms with Gasteiger partial charge >= 0.3 is 0 Å². The van der Waals surface area contributed by atoms with Crippen LogP contribution in [0.25, 0.3) is 0 Å². The van der Waals surface area contributed by atoms with Crippen molar-refractivity contribution in [2.45, 2.75) is 12.6 Å². The Morgan fingerprint density at radius 3 is 2.59 bits per heavy atom. The predicted octanol–water partition coefficient (Wildman–Crippen LogP) is 2.69. The smallest absolute Gasteiger partial charge is 0.150 e. The van der Waals surface area contributed by atoms with Crippen molar-refractivity contribution in [2.75, 3.05) is 0 Å². The lowest BCUT2D eigenvalue weighted by Gasteiger charge is -2.12. The zero-order valence-corrected chi connectivity index (χ0v) is 9.39. The summed E-state index contributed by atoms with van der Waals surface area (Å²) in [6, 6.07) is 16.5. The molecule has 1 unspecified atom stereocenters. The van der Waals surface area contributed by atoms with Crippen LogP contribution in [0.2, 0.25) is 0 Å². The first-order valence-electron chi connectivity index (χ1n) is 5.75. The van der Waals surface area contributed by atoms with Crippen LogP contribution < -0.4 is 5.32 Å². The van der Waals surface area contributed by atoms with Crippen LogP contribution in [0.15, 0.2) is 48.5 Å². The summed E-state index contributed by atoms with van der Waals surface area (Å²) in [7, 11) is 0. The van der Waals surface area contributed by atoms with E-state index >= 15 is 0 Å². The van der Waals surface area contributed by atoms with Gasteiger partial charge in [0.1, 0.15) is 6.29 Å². The van der Waals surface area contributed by atoms with Gasteiger partial charge in [-0.15, -0.1) is 0 Å². The maximum absolute atomic E-state index is 10.6. The molecular weight excluding hydrogens is 210 g/mol. The summed E-state index contributed by atoms with van der Waals surface area (Å²) in [6.45, 7) is 0.913. The molecule has 0 saturated carbocycles. The summed E-state index contributed by atoms with van der Waals surface area (Å²) < 4.78 is 0. The van der Waals surface area contributed by atoms with Crippen molar-refractivity contribution in [2.24, 2.45) is 0 Å². The molecular formula is C15H13NO. The van der Waals surface area contributed by atoms with E-state index in [9.17, 15) is 4.79 Å². The van der Waals surface area contributed by atoms with E-state index in [4.69, 9.17) is 0 Å². The molecule has 0 bridgehead atoms. The SMILES string of the molecule is O=Cc1ccc(C2NCc3ccccc32)cc1. The molecule has 3 rings (SSSR count). The highest BCUT2D eigenvalue weighted by Gasteiger charge is 2.22. The van der Waals surface area contributed by atoms with E-state index in [-0.39, 0.29) is 6.04 Å². The van der Waals surface area contributed by atoms with Crippen molar-refractivity contribution < 1.29 is 4.79 Å². The van der Waals surface area contributed by atoms with Gasteiger partial charge in [-0.2, -0.15) is 0 Å². The van der Waals surface area contributed by atoms with Gasteiger partial charge in [0.15, 0.2) is 0 Å². The Kier molecular flexibility index (Phi) is 2.50. The molecule has 2 aromatic carbocycles. The fraction of sp³-hybridized carbons (Fsp3) is 0.133. The standard InChI is InChI=1S/C15H13NO/c17-10-11-5-7-12(8-6-11)15-14-4-2-1-3-13(14)9-16-15/h1-8,10,15-16H,9H2. The Morgan fingerprint density at radius 1 is 1.06 bits per heavy atom. The van der Waals surface area contributed by atoms with Gasteiger partial charge in [0, 0.05) is 12.1 Å². The first-order valence-corrected chi connectivity index (χ1v) is 5.75. The number of carbonyl (C=O) groups is 1. The molecule has 0 fully saturated rings. The molecule has 1 aliphatic rings. The van der Waals surface area contributed by atoms with Crippen LogP contribution in [0.3, 0.4) is 0 Å². The van der Waals surface area contributed by atoms with E-state index < -0.39 is 0 Å². The van der Waals surface area contributed by atoms with E-state index in [2.05, 4.69) is 29.6 Å². The van der Waals surface area contributed by atoms with Crippen LogP contribution >= 0.6 is 0 Å². The van der Waals surface area contributed by atoms with Gasteiger partial charge in [-0.05, 0) is 16.7 Å². The van der Waals surface area contributed by atoms with Gasteiger partial charge in [-0.25, -0.2) is 0 Å². The number of hydrogen-bond donors (Lipinski definition) is 1. The minimum Gasteiger partial charge on any atom is -0.302 e. The molecule has 1 aliphatic heterocycles. The van der Waals surface area contributed by atoms with E-state index in [1.165, 1.54) is 16.7 Å². The zero-order chi connectivity index (χ0) is 11.7. The Labute approximate surface area is 100 Å². The summed E-state index contributed by atoms with van der Waals surface area (Å²) in [5, 5.41) is 3.49. The summed E-state index contributed by atoms with van der Waals surface area (Å²) in [6.07, 6.45) is 0.875. The number of hydrogen-bond acceptors (Lipinski definition) is 2. The molecule has 84 valence electrons. The highest BCUT2D eigenvalue weighted by Crippen LogP contribution is 2.30. The fourth-order valence-corrected chi connectivity index (χ4v) is 2.36. The Balaban J connectivity index is 1.98. The number of fused-ring (bicyclic) bond motifs is 1. The van der Waals surface area contributed by atoms with Crippen LogP contribution in [0, 0.1) is 0 Å². The molecule has 17 heavy (non-hydrogen) atoms. The van der Waals surface area contributed by atoms with Crippen molar-refractivity contribution in [3.8, 4) is 0 Å². The molecule has 2 heteroatoms. The monoisotopic (exact) mass is 223 g/mol. The molecule has 1 N–H and O–H groups in total. The maximum atomic E-state index is 10.6. The highest BCUT2D eigenvalue weighted by atomic mass is 16.1. The van der Waals surface area contributed by atoms with Gasteiger partial charge in [0.25, 0.3) is 0 Å². The molecule has 0 amide bonds. The zero-order valence-electron chi connectivity index (χ0n) is 9.39. The summed E-state index contributed by atoms with van der Waals surface area (Å²) in [5.41, 5.74) is 4.63. The van der Waals surface area contributed by atoms with Crippen LogP contribution in [0.5, 0.6) is 0 Å². The lowest BCUT2D eigenvalue weighted by atomic mass is 9.98. The minimum atomic E-state index is 0.256. The molecule has 2 aromatic rings. The second-order valence-electron chi connectivity index (χ2n) is 4.30. The van der Waals surface area contributed by atoms with Crippen molar-refractivity contribution in [1.82, 2.24) is 5.32 Å². The second kappa shape index (κ2) is 4.15. The number of carbonyl (C=O) groups excluding carboxylic acids is 1. The average Bonchev–Trinajstić information content (AvgIpc) is 2.83. The number of rotatable bonds is 2. The van der Waals surface area contributed by atoms with E-state index in [1.54, 1.807) is 0 Å². The van der Waals surface area contributed by atoms with Gasteiger partial charge in [0.2, 0.25) is 0 Å². The van der Waals surface area contributed by atoms with Crippen molar-refractivity contribution >= 4 is 6.29 Å². The van der Waals surface area contributed by atoms with Crippen molar-refractivity contribution in [1.29, 1.82) is 0 Å². The largest absolute Gasteiger partial charge is 0.302 e. The first-order chi connectivity index (χ1) is 8.38. The van der Waals surface area contributed by atoms with Gasteiger partial charge in [-0.1, -0.05) is 48.5 Å². The van der Waals surface area contributed by atoms with E-state index in [0.29, 0.717) is 0 Å². The normalized spacial score (nSPS) is 17.8. The third kappa shape index (κ3) is 1.77. The molecule has 0 aromatic heterocycles.